The Morgan fingerprint density at radius 3 is 1.20 bits per heavy atom. The molecule has 0 bridgehead atoms. The second-order valence-electron chi connectivity index (χ2n) is 23.9. The lowest BCUT2D eigenvalue weighted by Gasteiger charge is -2.30. The van der Waals surface area contributed by atoms with Crippen LogP contribution in [-0.2, 0) is 27.9 Å². The van der Waals surface area contributed by atoms with Crippen LogP contribution in [0.3, 0.4) is 0 Å². The van der Waals surface area contributed by atoms with Crippen molar-refractivity contribution >= 4 is 19.7 Å². The van der Waals surface area contributed by atoms with Crippen LogP contribution in [0.5, 0.6) is 0 Å². The SMILES string of the molecule is CC/C=C\C/C=C\C/C=C\C/C=C\C/C=C\CCCCCCCCCCCC(=O)NC(COP(=O)([O-])OCC[N+](C)(C)C)C(/C=C\CCCCCCCCCCCC)OC(=O)CCCCCCCCCCC/C=C\C/C=C\CCCCC. The number of quaternary nitrogens is 1. The summed E-state index contributed by atoms with van der Waals surface area (Å²) in [5, 5.41) is 3.04. The van der Waals surface area contributed by atoms with Crippen molar-refractivity contribution in [2.24, 2.45) is 0 Å². The molecule has 474 valence electrons. The van der Waals surface area contributed by atoms with Gasteiger partial charge in [0.25, 0.3) is 7.82 Å². The van der Waals surface area contributed by atoms with Crippen LogP contribution in [0.1, 0.15) is 297 Å². The first kappa shape index (κ1) is 78.9. The first-order chi connectivity index (χ1) is 39.9. The van der Waals surface area contributed by atoms with Gasteiger partial charge in [0.1, 0.15) is 19.3 Å². The minimum atomic E-state index is -4.71. The molecule has 0 spiro atoms. The molecule has 0 aliphatic heterocycles. The molecule has 3 unspecified atom stereocenters. The van der Waals surface area contributed by atoms with E-state index in [0.29, 0.717) is 17.4 Å². The van der Waals surface area contributed by atoms with Gasteiger partial charge in [0.05, 0.1) is 33.8 Å². The molecule has 82 heavy (non-hydrogen) atoms. The maximum atomic E-state index is 13.6. The van der Waals surface area contributed by atoms with E-state index in [-0.39, 0.29) is 24.9 Å². The van der Waals surface area contributed by atoms with Gasteiger partial charge < -0.3 is 28.5 Å². The van der Waals surface area contributed by atoms with Gasteiger partial charge in [-0.15, -0.1) is 0 Å². The largest absolute Gasteiger partial charge is 0.756 e. The van der Waals surface area contributed by atoms with Crippen LogP contribution in [-0.4, -0.2) is 69.4 Å². The summed E-state index contributed by atoms with van der Waals surface area (Å²) in [5.74, 6) is -0.551. The molecule has 0 radical (unpaired) electrons. The average Bonchev–Trinajstić information content (AvgIpc) is 3.44. The Morgan fingerprint density at radius 1 is 0.439 bits per heavy atom. The highest BCUT2D eigenvalue weighted by Gasteiger charge is 2.27. The number of hydrogen-bond donors (Lipinski definition) is 1. The zero-order chi connectivity index (χ0) is 60.0. The van der Waals surface area contributed by atoms with Gasteiger partial charge in [-0.05, 0) is 109 Å². The lowest BCUT2D eigenvalue weighted by atomic mass is 10.0. The Labute approximate surface area is 507 Å². The van der Waals surface area contributed by atoms with Crippen molar-refractivity contribution in [3.8, 4) is 0 Å². The minimum Gasteiger partial charge on any atom is -0.756 e. The van der Waals surface area contributed by atoms with Crippen molar-refractivity contribution in [3.05, 3.63) is 97.2 Å². The number of likely N-dealkylation sites (N-methyl/N-ethyl adjacent to an activating group) is 1. The fraction of sp³-hybridized carbons (Fsp3) is 0.750. The van der Waals surface area contributed by atoms with Gasteiger partial charge in [0, 0.05) is 12.8 Å². The number of allylic oxidation sites excluding steroid dienone is 15. The topological polar surface area (TPSA) is 114 Å². The van der Waals surface area contributed by atoms with Crippen molar-refractivity contribution in [1.82, 2.24) is 5.32 Å². The second kappa shape index (κ2) is 61.0. The highest BCUT2D eigenvalue weighted by atomic mass is 31.2. The van der Waals surface area contributed by atoms with Crippen LogP contribution in [0.2, 0.25) is 0 Å². The van der Waals surface area contributed by atoms with Gasteiger partial charge in [-0.1, -0.05) is 272 Å². The molecule has 0 saturated heterocycles. The van der Waals surface area contributed by atoms with E-state index in [0.717, 1.165) is 122 Å². The molecule has 0 saturated carbocycles. The van der Waals surface area contributed by atoms with E-state index in [9.17, 15) is 19.0 Å². The molecule has 0 aromatic heterocycles. The Bertz CT molecular complexity index is 1720. The Kier molecular flexibility index (Phi) is 58.7. The molecule has 1 N–H and O–H groups in total. The van der Waals surface area contributed by atoms with Crippen molar-refractivity contribution in [2.45, 2.75) is 309 Å². The minimum absolute atomic E-state index is 0.0279. The summed E-state index contributed by atoms with van der Waals surface area (Å²) >= 11 is 0. The summed E-state index contributed by atoms with van der Waals surface area (Å²) in [6.07, 6.45) is 82.3. The summed E-state index contributed by atoms with van der Waals surface area (Å²) in [4.78, 5) is 40.1. The number of amides is 1. The molecule has 10 heteroatoms. The number of esters is 1. The van der Waals surface area contributed by atoms with E-state index in [4.69, 9.17) is 13.8 Å². The maximum Gasteiger partial charge on any atom is 0.306 e. The number of phosphoric ester groups is 1. The van der Waals surface area contributed by atoms with Crippen LogP contribution < -0.4 is 10.2 Å². The Hall–Kier alpha value is -3.07. The molecule has 0 heterocycles. The number of nitrogens with one attached hydrogen (secondary N) is 1. The fourth-order valence-electron chi connectivity index (χ4n) is 9.52. The highest BCUT2D eigenvalue weighted by Crippen LogP contribution is 2.38. The maximum absolute atomic E-state index is 13.6. The normalized spacial score (nSPS) is 14.2. The summed E-state index contributed by atoms with van der Waals surface area (Å²) < 4.78 is 30.4. The molecule has 9 nitrogen and oxygen atoms in total. The predicted molar refractivity (Wildman–Crippen MR) is 353 cm³/mol. The van der Waals surface area contributed by atoms with Gasteiger partial charge in [-0.25, -0.2) is 0 Å². The van der Waals surface area contributed by atoms with Crippen LogP contribution in [0, 0.1) is 0 Å². The molecule has 0 rings (SSSR count). The molecule has 0 fully saturated rings. The number of rotatable bonds is 61. The van der Waals surface area contributed by atoms with Crippen LogP contribution >= 0.6 is 7.82 Å². The van der Waals surface area contributed by atoms with Crippen LogP contribution in [0.15, 0.2) is 97.2 Å². The molecule has 0 aliphatic rings. The Morgan fingerprint density at radius 2 is 0.780 bits per heavy atom. The first-order valence-corrected chi connectivity index (χ1v) is 35.5. The number of ether oxygens (including phenoxy) is 1. The van der Waals surface area contributed by atoms with E-state index >= 15 is 0 Å². The smallest absolute Gasteiger partial charge is 0.306 e. The average molecular weight is 1170 g/mol. The first-order valence-electron chi connectivity index (χ1n) is 34.0. The zero-order valence-corrected chi connectivity index (χ0v) is 55.1. The quantitative estimate of drug-likeness (QED) is 0.0212. The van der Waals surface area contributed by atoms with Crippen LogP contribution in [0.4, 0.5) is 0 Å². The van der Waals surface area contributed by atoms with Gasteiger partial charge in [-0.3, -0.25) is 14.2 Å². The lowest BCUT2D eigenvalue weighted by molar-refractivity contribution is -0.870. The van der Waals surface area contributed by atoms with Crippen LogP contribution in [0.25, 0.3) is 0 Å². The van der Waals surface area contributed by atoms with Gasteiger partial charge in [0.15, 0.2) is 0 Å². The van der Waals surface area contributed by atoms with E-state index in [1.54, 1.807) is 0 Å². The molecule has 0 aromatic carbocycles. The number of unbranched alkanes of at least 4 members (excludes halogenated alkanes) is 31. The summed E-state index contributed by atoms with van der Waals surface area (Å²) in [6, 6.07) is -0.899. The molecule has 1 amide bonds. The second-order valence-corrected chi connectivity index (χ2v) is 25.4. The van der Waals surface area contributed by atoms with E-state index in [1.165, 1.54) is 141 Å². The zero-order valence-electron chi connectivity index (χ0n) is 54.2. The van der Waals surface area contributed by atoms with E-state index in [2.05, 4.69) is 111 Å². The summed E-state index contributed by atoms with van der Waals surface area (Å²) in [5.41, 5.74) is 0. The Balaban J connectivity index is 5.14. The monoisotopic (exact) mass is 1160 g/mol. The van der Waals surface area contributed by atoms with Gasteiger partial charge >= 0.3 is 5.97 Å². The number of carbonyl (C=O) groups is 2. The van der Waals surface area contributed by atoms with Crippen molar-refractivity contribution in [1.29, 1.82) is 0 Å². The third-order valence-electron chi connectivity index (χ3n) is 14.7. The predicted octanol–water partition coefficient (Wildman–Crippen LogP) is 20.9. The number of phosphoric acid groups is 1. The summed E-state index contributed by atoms with van der Waals surface area (Å²) in [6.45, 7) is 6.71. The fourth-order valence-corrected chi connectivity index (χ4v) is 10.2. The van der Waals surface area contributed by atoms with Crippen molar-refractivity contribution in [3.63, 3.8) is 0 Å². The molecular weight excluding hydrogens is 1040 g/mol. The standard InChI is InChI=1S/C72H129N2O7P/c1-7-10-13-16-19-22-25-28-30-32-34-35-36-37-38-39-41-42-44-46-49-52-55-58-61-64-71(75)73-69(68-80-82(77,78)79-67-66-74(4,5)6)70(63-60-57-54-51-48-27-24-21-18-15-12-9-3)81-72(76)65-62-59-56-53-50-47-45-43-40-33-31-29-26-23-20-17-14-11-8-2/h10,13,19-20,22-23,28-31,34-35,37-38,60,63,69-70H,7-9,11-12,14-18,21,24-27,32-33,36,39-59,61-62,64-68H2,1-6H3,(H-,73,75,77,78)/b13-10-,22-19-,23-20-,30-28-,31-29-,35-34-,38-37-,63-60-. The number of carbonyl (C=O) groups excluding carboxylic acids is 2. The van der Waals surface area contributed by atoms with Crippen molar-refractivity contribution < 1.29 is 37.3 Å². The van der Waals surface area contributed by atoms with E-state index in [1.807, 2.05) is 33.3 Å². The number of nitrogens with zero attached hydrogens (tertiary/aromatic N) is 1. The third kappa shape index (κ3) is 61.5. The molecular formula is C72H129N2O7P. The van der Waals surface area contributed by atoms with Gasteiger partial charge in [-0.2, -0.15) is 0 Å². The third-order valence-corrected chi connectivity index (χ3v) is 15.7. The molecule has 0 aromatic rings. The molecule has 0 aliphatic carbocycles. The highest BCUT2D eigenvalue weighted by molar-refractivity contribution is 7.45. The summed E-state index contributed by atoms with van der Waals surface area (Å²) in [7, 11) is 1.17. The lowest BCUT2D eigenvalue weighted by Crippen LogP contribution is -2.47. The van der Waals surface area contributed by atoms with Gasteiger partial charge in [0.2, 0.25) is 5.91 Å². The van der Waals surface area contributed by atoms with Crippen molar-refractivity contribution in [2.75, 3.05) is 40.9 Å². The van der Waals surface area contributed by atoms with E-state index < -0.39 is 26.6 Å². The molecule has 3 atom stereocenters. The number of hydrogen-bond acceptors (Lipinski definition) is 7.